The Bertz CT molecular complexity index is 1760. The first-order chi connectivity index (χ1) is 24.0. The molecule has 0 bridgehead atoms. The minimum atomic E-state index is -1.65. The molecule has 2 saturated heterocycles. The lowest BCUT2D eigenvalue weighted by atomic mass is 9.87. The third-order valence-corrected chi connectivity index (χ3v) is 8.11. The van der Waals surface area contributed by atoms with Crippen molar-refractivity contribution in [1.29, 1.82) is 0 Å². The van der Waals surface area contributed by atoms with E-state index in [9.17, 15) is 39.0 Å². The van der Waals surface area contributed by atoms with Gasteiger partial charge in [0.15, 0.2) is 0 Å². The molecule has 0 aromatic carbocycles. The quantitative estimate of drug-likeness (QED) is 0.126. The molecule has 3 fully saturated rings. The van der Waals surface area contributed by atoms with Gasteiger partial charge in [0.1, 0.15) is 22.3 Å². The summed E-state index contributed by atoms with van der Waals surface area (Å²) in [6.45, 7) is 6.07. The van der Waals surface area contributed by atoms with Crippen molar-refractivity contribution in [3.05, 3.63) is 94.9 Å². The number of cyclic esters (lactones) is 3. The number of carbonyl (C=O) groups is 6. The standard InChI is InChI=1S/C35H34O16/c1-5-33(4)46-26(38)21(27(39)47-33)13-9-7-11-15-23-30(42)50-35(51-31(23)43)18-16-34(17-19-35)48-28(40)22(29(41)49-34)14-10-6-8-12-20-24(36)44-32(2,3)45-25(20)37/h6-15,36,42H,5,16-19H2,1-4H3/b9-7+,10-6+,12-8+,15-11+,21-13?,22-14?. The highest BCUT2D eigenvalue weighted by molar-refractivity contribution is 6.16. The van der Waals surface area contributed by atoms with Gasteiger partial charge in [0, 0.05) is 52.9 Å². The molecular formula is C35H34O16. The highest BCUT2D eigenvalue weighted by Crippen LogP contribution is 2.45. The van der Waals surface area contributed by atoms with Crippen LogP contribution in [-0.4, -0.2) is 69.2 Å². The topological polar surface area (TPSA) is 217 Å². The Balaban J connectivity index is 1.15. The van der Waals surface area contributed by atoms with E-state index in [1.807, 2.05) is 0 Å². The molecule has 0 atom stereocenters. The summed E-state index contributed by atoms with van der Waals surface area (Å²) in [5, 5.41) is 20.5. The average Bonchev–Trinajstić information content (AvgIpc) is 3.02. The second kappa shape index (κ2) is 13.7. The molecule has 0 aromatic heterocycles. The van der Waals surface area contributed by atoms with Crippen LogP contribution in [0.4, 0.5) is 0 Å². The maximum atomic E-state index is 12.8. The Hall–Kier alpha value is -6.06. The molecule has 0 unspecified atom stereocenters. The largest absolute Gasteiger partial charge is 0.480 e. The smallest absolute Gasteiger partial charge is 0.348 e. The lowest BCUT2D eigenvalue weighted by Crippen LogP contribution is -2.54. The van der Waals surface area contributed by atoms with Gasteiger partial charge in [0.05, 0.1) is 0 Å². The van der Waals surface area contributed by atoms with Crippen molar-refractivity contribution in [3.63, 3.8) is 0 Å². The Kier molecular flexibility index (Phi) is 9.72. The number of esters is 6. The number of aliphatic hydroxyl groups excluding tert-OH is 2. The van der Waals surface area contributed by atoms with E-state index in [-0.39, 0.29) is 48.8 Å². The fourth-order valence-electron chi connectivity index (χ4n) is 5.25. The van der Waals surface area contributed by atoms with Crippen LogP contribution in [0.25, 0.3) is 0 Å². The van der Waals surface area contributed by atoms with E-state index in [1.165, 1.54) is 75.5 Å². The highest BCUT2D eigenvalue weighted by atomic mass is 16.8. The van der Waals surface area contributed by atoms with Gasteiger partial charge in [-0.2, -0.15) is 0 Å². The fraction of sp³-hybridized carbons (Fsp3) is 0.371. The van der Waals surface area contributed by atoms with Crippen LogP contribution < -0.4 is 0 Å². The summed E-state index contributed by atoms with van der Waals surface area (Å²) in [6, 6.07) is 0. The number of rotatable bonds is 7. The zero-order valence-corrected chi connectivity index (χ0v) is 27.9. The van der Waals surface area contributed by atoms with Gasteiger partial charge in [-0.3, -0.25) is 0 Å². The monoisotopic (exact) mass is 710 g/mol. The number of aliphatic hydroxyl groups is 2. The fourth-order valence-corrected chi connectivity index (χ4v) is 5.25. The van der Waals surface area contributed by atoms with Crippen molar-refractivity contribution in [3.8, 4) is 0 Å². The van der Waals surface area contributed by atoms with Crippen LogP contribution in [0.5, 0.6) is 0 Å². The van der Waals surface area contributed by atoms with Crippen molar-refractivity contribution in [2.75, 3.05) is 0 Å². The number of ether oxygens (including phenoxy) is 8. The number of carbonyl (C=O) groups excluding carboxylic acids is 6. The summed E-state index contributed by atoms with van der Waals surface area (Å²) >= 11 is 0. The minimum Gasteiger partial charge on any atom is -0.480 e. The van der Waals surface area contributed by atoms with Crippen molar-refractivity contribution in [2.24, 2.45) is 0 Å². The molecule has 5 rings (SSSR count). The molecule has 1 saturated carbocycles. The van der Waals surface area contributed by atoms with Crippen LogP contribution in [0.2, 0.25) is 0 Å². The molecule has 2 N–H and O–H groups in total. The normalized spacial score (nSPS) is 29.6. The summed E-state index contributed by atoms with van der Waals surface area (Å²) in [5.74, 6) is -12.6. The lowest BCUT2D eigenvalue weighted by Gasteiger charge is -2.46. The van der Waals surface area contributed by atoms with Gasteiger partial charge in [-0.05, 0) is 24.3 Å². The van der Waals surface area contributed by atoms with E-state index in [0.717, 1.165) is 6.08 Å². The van der Waals surface area contributed by atoms with Crippen molar-refractivity contribution >= 4 is 35.8 Å². The molecule has 0 aromatic rings. The Morgan fingerprint density at radius 3 is 1.33 bits per heavy atom. The second-order valence-corrected chi connectivity index (χ2v) is 12.3. The zero-order chi connectivity index (χ0) is 37.2. The van der Waals surface area contributed by atoms with E-state index in [4.69, 9.17) is 37.9 Å². The van der Waals surface area contributed by atoms with E-state index < -0.39 is 76.4 Å². The van der Waals surface area contributed by atoms with Crippen LogP contribution in [0, 0.1) is 0 Å². The molecule has 16 nitrogen and oxygen atoms in total. The van der Waals surface area contributed by atoms with Crippen molar-refractivity contribution in [1.82, 2.24) is 0 Å². The molecular weight excluding hydrogens is 676 g/mol. The van der Waals surface area contributed by atoms with Gasteiger partial charge < -0.3 is 48.1 Å². The predicted octanol–water partition coefficient (Wildman–Crippen LogP) is 3.78. The summed E-state index contributed by atoms with van der Waals surface area (Å²) < 4.78 is 42.5. The van der Waals surface area contributed by atoms with Gasteiger partial charge in [-0.15, -0.1) is 0 Å². The Morgan fingerprint density at radius 2 is 0.902 bits per heavy atom. The number of hydrogen-bond donors (Lipinski definition) is 2. The molecule has 0 amide bonds. The number of allylic oxidation sites excluding steroid dienone is 8. The molecule has 51 heavy (non-hydrogen) atoms. The highest BCUT2D eigenvalue weighted by Gasteiger charge is 2.56. The summed E-state index contributed by atoms with van der Waals surface area (Å²) in [6.07, 6.45) is 12.6. The van der Waals surface area contributed by atoms with Gasteiger partial charge in [-0.25, -0.2) is 28.8 Å². The molecule has 270 valence electrons. The average molecular weight is 711 g/mol. The maximum absolute atomic E-state index is 12.8. The van der Waals surface area contributed by atoms with Crippen LogP contribution in [-0.2, 0) is 66.7 Å². The summed E-state index contributed by atoms with van der Waals surface area (Å²) in [7, 11) is 0. The van der Waals surface area contributed by atoms with Crippen LogP contribution >= 0.6 is 0 Å². The van der Waals surface area contributed by atoms with Crippen molar-refractivity contribution in [2.45, 2.75) is 82.9 Å². The summed E-state index contributed by atoms with van der Waals surface area (Å²) in [5.41, 5.74) is -1.27. The molecule has 16 heteroatoms. The van der Waals surface area contributed by atoms with Gasteiger partial charge in [0.2, 0.25) is 0 Å². The van der Waals surface area contributed by atoms with E-state index in [2.05, 4.69) is 0 Å². The van der Waals surface area contributed by atoms with Gasteiger partial charge in [0.25, 0.3) is 35.0 Å². The molecule has 5 aliphatic rings. The molecule has 0 radical (unpaired) electrons. The van der Waals surface area contributed by atoms with E-state index in [0.29, 0.717) is 0 Å². The summed E-state index contributed by atoms with van der Waals surface area (Å²) in [4.78, 5) is 74.7. The Morgan fingerprint density at radius 1 is 0.510 bits per heavy atom. The van der Waals surface area contributed by atoms with Crippen LogP contribution in [0.3, 0.4) is 0 Å². The zero-order valence-electron chi connectivity index (χ0n) is 27.9. The third-order valence-electron chi connectivity index (χ3n) is 8.11. The van der Waals surface area contributed by atoms with Crippen LogP contribution in [0.1, 0.15) is 59.8 Å². The van der Waals surface area contributed by atoms with Crippen LogP contribution in [0.15, 0.2) is 94.9 Å². The van der Waals surface area contributed by atoms with E-state index >= 15 is 0 Å². The third kappa shape index (κ3) is 7.90. The molecule has 1 aliphatic carbocycles. The number of hydrogen-bond acceptors (Lipinski definition) is 16. The molecule has 2 spiro atoms. The lowest BCUT2D eigenvalue weighted by molar-refractivity contribution is -0.297. The first-order valence-electron chi connectivity index (χ1n) is 15.7. The second-order valence-electron chi connectivity index (χ2n) is 12.3. The maximum Gasteiger partial charge on any atom is 0.348 e. The molecule has 4 heterocycles. The predicted molar refractivity (Wildman–Crippen MR) is 167 cm³/mol. The van der Waals surface area contributed by atoms with Gasteiger partial charge in [-0.1, -0.05) is 43.4 Å². The molecule has 4 aliphatic heterocycles. The van der Waals surface area contributed by atoms with E-state index in [1.54, 1.807) is 6.92 Å². The van der Waals surface area contributed by atoms with Gasteiger partial charge >= 0.3 is 35.8 Å². The first kappa shape index (κ1) is 36.2. The minimum absolute atomic E-state index is 0.104. The first-order valence-corrected chi connectivity index (χ1v) is 15.7. The van der Waals surface area contributed by atoms with Crippen molar-refractivity contribution < 1.29 is 76.9 Å². The Labute approximate surface area is 290 Å². The SMILES string of the molecule is CCC1(C)OC(=O)C(=C/C=C/C=C/C2=C(O)OC3(CCC4(CC3)OC(=O)C(=C/C=C/C=C/C3=C(O)OC(C)(C)OC3=O)C(=O)O4)OC2=O)C(=O)O1.